The van der Waals surface area contributed by atoms with E-state index < -0.39 is 6.61 Å². The van der Waals surface area contributed by atoms with Crippen LogP contribution in [0.1, 0.15) is 11.1 Å². The SMILES string of the molecule is FC(F)Oc1ccc(/C=N/n2cnnc2SCc2ccc(Cl)cc2)cc1. The van der Waals surface area contributed by atoms with Crippen molar-refractivity contribution < 1.29 is 13.5 Å². The molecule has 0 saturated heterocycles. The lowest BCUT2D eigenvalue weighted by Gasteiger charge is -2.04. The van der Waals surface area contributed by atoms with Gasteiger partial charge in [0.1, 0.15) is 12.1 Å². The summed E-state index contributed by atoms with van der Waals surface area (Å²) in [5, 5.41) is 13.5. The highest BCUT2D eigenvalue weighted by atomic mass is 35.5. The fourth-order valence-electron chi connectivity index (χ4n) is 1.99. The zero-order valence-electron chi connectivity index (χ0n) is 13.3. The number of ether oxygens (including phenoxy) is 1. The average molecular weight is 395 g/mol. The van der Waals surface area contributed by atoms with Crippen molar-refractivity contribution in [3.05, 3.63) is 71.0 Å². The van der Waals surface area contributed by atoms with E-state index >= 15 is 0 Å². The van der Waals surface area contributed by atoms with Crippen molar-refractivity contribution >= 4 is 29.6 Å². The smallest absolute Gasteiger partial charge is 0.387 e. The maximum Gasteiger partial charge on any atom is 0.387 e. The van der Waals surface area contributed by atoms with Crippen LogP contribution in [0.4, 0.5) is 8.78 Å². The lowest BCUT2D eigenvalue weighted by atomic mass is 10.2. The highest BCUT2D eigenvalue weighted by molar-refractivity contribution is 7.98. The zero-order chi connectivity index (χ0) is 18.4. The van der Waals surface area contributed by atoms with E-state index in [9.17, 15) is 8.78 Å². The van der Waals surface area contributed by atoms with Crippen LogP contribution in [0, 0.1) is 0 Å². The van der Waals surface area contributed by atoms with E-state index in [0.717, 1.165) is 11.1 Å². The number of hydrogen-bond donors (Lipinski definition) is 0. The summed E-state index contributed by atoms with van der Waals surface area (Å²) in [5.74, 6) is 0.797. The molecule has 0 amide bonds. The van der Waals surface area contributed by atoms with Crippen LogP contribution in [0.2, 0.25) is 5.02 Å². The molecule has 0 unspecified atom stereocenters. The molecule has 3 rings (SSSR count). The molecule has 0 saturated carbocycles. The second kappa shape index (κ2) is 8.77. The third-order valence-corrected chi connectivity index (χ3v) is 4.47. The lowest BCUT2D eigenvalue weighted by Crippen LogP contribution is -2.01. The van der Waals surface area contributed by atoms with Crippen LogP contribution in [0.15, 0.2) is 65.1 Å². The van der Waals surface area contributed by atoms with Crippen LogP contribution in [0.25, 0.3) is 0 Å². The molecule has 0 radical (unpaired) electrons. The first-order valence-electron chi connectivity index (χ1n) is 7.46. The molecular formula is C17H13ClF2N4OS. The third-order valence-electron chi connectivity index (χ3n) is 3.22. The van der Waals surface area contributed by atoms with Gasteiger partial charge in [-0.3, -0.25) is 0 Å². The molecule has 3 aromatic rings. The Balaban J connectivity index is 1.62. The van der Waals surface area contributed by atoms with Gasteiger partial charge in [-0.25, -0.2) is 0 Å². The van der Waals surface area contributed by atoms with Gasteiger partial charge in [-0.2, -0.15) is 18.6 Å². The summed E-state index contributed by atoms with van der Waals surface area (Å²) in [7, 11) is 0. The predicted molar refractivity (Wildman–Crippen MR) is 97.1 cm³/mol. The van der Waals surface area contributed by atoms with E-state index in [4.69, 9.17) is 11.6 Å². The Morgan fingerprint density at radius 1 is 1.15 bits per heavy atom. The summed E-state index contributed by atoms with van der Waals surface area (Å²) in [6, 6.07) is 13.7. The first-order chi connectivity index (χ1) is 12.6. The van der Waals surface area contributed by atoms with Gasteiger partial charge in [0.25, 0.3) is 0 Å². The molecule has 1 aromatic heterocycles. The summed E-state index contributed by atoms with van der Waals surface area (Å²) in [4.78, 5) is 0. The Morgan fingerprint density at radius 3 is 2.58 bits per heavy atom. The molecule has 0 atom stereocenters. The average Bonchev–Trinajstić information content (AvgIpc) is 3.08. The highest BCUT2D eigenvalue weighted by Crippen LogP contribution is 2.21. The molecule has 0 aliphatic heterocycles. The highest BCUT2D eigenvalue weighted by Gasteiger charge is 2.05. The Morgan fingerprint density at radius 2 is 1.88 bits per heavy atom. The van der Waals surface area contributed by atoms with Crippen LogP contribution in [0.5, 0.6) is 5.75 Å². The summed E-state index contributed by atoms with van der Waals surface area (Å²) in [6.07, 6.45) is 3.08. The van der Waals surface area contributed by atoms with E-state index in [1.165, 1.54) is 30.2 Å². The van der Waals surface area contributed by atoms with E-state index in [0.29, 0.717) is 15.9 Å². The number of benzene rings is 2. The van der Waals surface area contributed by atoms with E-state index in [1.54, 1.807) is 23.0 Å². The van der Waals surface area contributed by atoms with Crippen LogP contribution in [0.3, 0.4) is 0 Å². The molecular weight excluding hydrogens is 382 g/mol. The third kappa shape index (κ3) is 5.27. The first-order valence-corrected chi connectivity index (χ1v) is 8.83. The Hall–Kier alpha value is -2.45. The van der Waals surface area contributed by atoms with Crippen molar-refractivity contribution in [2.75, 3.05) is 0 Å². The van der Waals surface area contributed by atoms with Gasteiger partial charge in [-0.15, -0.1) is 10.2 Å². The van der Waals surface area contributed by atoms with Crippen molar-refractivity contribution in [3.63, 3.8) is 0 Å². The Labute approximate surface area is 157 Å². The molecule has 0 N–H and O–H groups in total. The first kappa shape index (κ1) is 18.3. The number of alkyl halides is 2. The largest absolute Gasteiger partial charge is 0.435 e. The maximum absolute atomic E-state index is 12.1. The monoisotopic (exact) mass is 394 g/mol. The maximum atomic E-state index is 12.1. The van der Waals surface area contributed by atoms with Gasteiger partial charge >= 0.3 is 6.61 Å². The summed E-state index contributed by atoms with van der Waals surface area (Å²) in [6.45, 7) is -2.84. The molecule has 0 aliphatic rings. The fourth-order valence-corrected chi connectivity index (χ4v) is 2.93. The molecule has 26 heavy (non-hydrogen) atoms. The molecule has 5 nitrogen and oxygen atoms in total. The van der Waals surface area contributed by atoms with E-state index in [-0.39, 0.29) is 5.75 Å². The van der Waals surface area contributed by atoms with Crippen molar-refractivity contribution in [1.29, 1.82) is 0 Å². The van der Waals surface area contributed by atoms with E-state index in [1.807, 2.05) is 24.3 Å². The molecule has 134 valence electrons. The van der Waals surface area contributed by atoms with Gasteiger partial charge in [0, 0.05) is 10.8 Å². The Kier molecular flexibility index (Phi) is 6.19. The van der Waals surface area contributed by atoms with Gasteiger partial charge in [-0.1, -0.05) is 35.5 Å². The number of nitrogens with zero attached hydrogens (tertiary/aromatic N) is 4. The van der Waals surface area contributed by atoms with Crippen LogP contribution < -0.4 is 4.74 Å². The number of hydrogen-bond acceptors (Lipinski definition) is 5. The van der Waals surface area contributed by atoms with Crippen molar-refractivity contribution in [2.45, 2.75) is 17.5 Å². The minimum absolute atomic E-state index is 0.0978. The lowest BCUT2D eigenvalue weighted by molar-refractivity contribution is -0.0498. The van der Waals surface area contributed by atoms with Gasteiger partial charge in [-0.05, 0) is 47.5 Å². The van der Waals surface area contributed by atoms with Crippen LogP contribution in [-0.4, -0.2) is 27.7 Å². The molecule has 0 bridgehead atoms. The molecule has 0 spiro atoms. The van der Waals surface area contributed by atoms with Gasteiger partial charge in [0.05, 0.1) is 6.21 Å². The summed E-state index contributed by atoms with van der Waals surface area (Å²) < 4.78 is 30.1. The zero-order valence-corrected chi connectivity index (χ0v) is 14.9. The molecule has 2 aromatic carbocycles. The number of aromatic nitrogens is 3. The minimum Gasteiger partial charge on any atom is -0.435 e. The topological polar surface area (TPSA) is 52.3 Å². The normalized spacial score (nSPS) is 11.4. The van der Waals surface area contributed by atoms with Crippen molar-refractivity contribution in [1.82, 2.24) is 14.9 Å². The molecule has 1 heterocycles. The molecule has 9 heteroatoms. The fraction of sp³-hybridized carbons (Fsp3) is 0.118. The van der Waals surface area contributed by atoms with Crippen molar-refractivity contribution in [2.24, 2.45) is 5.10 Å². The number of rotatable bonds is 7. The molecule has 0 aliphatic carbocycles. The number of thioether (sulfide) groups is 1. The van der Waals surface area contributed by atoms with Crippen LogP contribution >= 0.6 is 23.4 Å². The summed E-state index contributed by atoms with van der Waals surface area (Å²) >= 11 is 7.36. The van der Waals surface area contributed by atoms with Crippen molar-refractivity contribution in [3.8, 4) is 5.75 Å². The van der Waals surface area contributed by atoms with E-state index in [2.05, 4.69) is 20.0 Å². The molecule has 0 fully saturated rings. The van der Waals surface area contributed by atoms with Gasteiger partial charge in [0.15, 0.2) is 0 Å². The van der Waals surface area contributed by atoms with Crippen LogP contribution in [-0.2, 0) is 5.75 Å². The second-order valence-electron chi connectivity index (χ2n) is 5.07. The van der Waals surface area contributed by atoms with Gasteiger partial charge in [0.2, 0.25) is 5.16 Å². The quantitative estimate of drug-likeness (QED) is 0.430. The Bertz CT molecular complexity index is 869. The standard InChI is InChI=1S/C17H13ClF2N4OS/c18-14-5-1-13(2-6-14)10-26-17-23-21-11-24(17)22-9-12-3-7-15(8-4-12)25-16(19)20/h1-9,11,16H,10H2/b22-9+. The summed E-state index contributed by atoms with van der Waals surface area (Å²) in [5.41, 5.74) is 1.83. The second-order valence-corrected chi connectivity index (χ2v) is 6.44. The van der Waals surface area contributed by atoms with Gasteiger partial charge < -0.3 is 4.74 Å². The number of halogens is 3. The predicted octanol–water partition coefficient (Wildman–Crippen LogP) is 4.71. The minimum atomic E-state index is -2.84.